The van der Waals surface area contributed by atoms with Crippen LogP contribution in [0.15, 0.2) is 0 Å². The van der Waals surface area contributed by atoms with Crippen molar-refractivity contribution in [3.8, 4) is 0 Å². The summed E-state index contributed by atoms with van der Waals surface area (Å²) >= 11 is 0. The summed E-state index contributed by atoms with van der Waals surface area (Å²) in [6.45, 7) is 3.74. The second-order valence-electron chi connectivity index (χ2n) is 3.11. The quantitative estimate of drug-likeness (QED) is 0.542. The van der Waals surface area contributed by atoms with E-state index in [1.54, 1.807) is 6.92 Å². The predicted molar refractivity (Wildman–Crippen MR) is 37.6 cm³/mol. The van der Waals surface area contributed by atoms with Gasteiger partial charge in [-0.1, -0.05) is 13.3 Å². The first-order chi connectivity index (χ1) is 4.61. The number of hydrogen-bond donors (Lipinski definition) is 0. The molecule has 1 aliphatic carbocycles. The third-order valence-electron chi connectivity index (χ3n) is 2.30. The van der Waals surface area contributed by atoms with Crippen LogP contribution in [-0.2, 0) is 9.59 Å². The van der Waals surface area contributed by atoms with Gasteiger partial charge in [0.25, 0.3) is 0 Å². The molecule has 56 valence electrons. The normalized spacial score (nSPS) is 22.6. The number of Topliss-reactive ketones (excluding diaryl/α,β-unsaturated/α-hetero) is 2. The molecule has 0 spiro atoms. The van der Waals surface area contributed by atoms with E-state index in [1.807, 2.05) is 6.92 Å². The highest BCUT2D eigenvalue weighted by atomic mass is 16.2. The fourth-order valence-electron chi connectivity index (χ4n) is 1.36. The lowest BCUT2D eigenvalue weighted by Gasteiger charge is -2.33. The molecule has 0 radical (unpaired) electrons. The first kappa shape index (κ1) is 7.45. The van der Waals surface area contributed by atoms with Crippen molar-refractivity contribution < 1.29 is 9.59 Å². The van der Waals surface area contributed by atoms with Gasteiger partial charge in [0, 0.05) is 0 Å². The molecule has 0 saturated heterocycles. The molecule has 1 aliphatic rings. The van der Waals surface area contributed by atoms with Gasteiger partial charge >= 0.3 is 0 Å². The maximum atomic E-state index is 10.9. The monoisotopic (exact) mass is 140 g/mol. The van der Waals surface area contributed by atoms with Gasteiger partial charge in [0.05, 0.1) is 11.8 Å². The van der Waals surface area contributed by atoms with Crippen molar-refractivity contribution >= 4 is 11.6 Å². The highest BCUT2D eigenvalue weighted by Crippen LogP contribution is 2.36. The van der Waals surface area contributed by atoms with E-state index in [0.29, 0.717) is 0 Å². The molecule has 0 unspecified atom stereocenters. The summed E-state index contributed by atoms with van der Waals surface area (Å²) in [5.41, 5.74) is -0.589. The minimum atomic E-state index is -0.589. The summed E-state index contributed by atoms with van der Waals surface area (Å²) in [5.74, 6) is 0.249. The number of carbonyl (C=O) groups is 2. The molecule has 0 aromatic rings. The van der Waals surface area contributed by atoms with Crippen molar-refractivity contribution in [2.24, 2.45) is 5.41 Å². The largest absolute Gasteiger partial charge is 0.298 e. The van der Waals surface area contributed by atoms with E-state index in [0.717, 1.165) is 12.8 Å². The molecule has 0 bridgehead atoms. The van der Waals surface area contributed by atoms with Crippen molar-refractivity contribution in [1.82, 2.24) is 0 Å². The molecular weight excluding hydrogens is 128 g/mol. The molecule has 1 saturated carbocycles. The Labute approximate surface area is 60.6 Å². The van der Waals surface area contributed by atoms with E-state index in [-0.39, 0.29) is 18.0 Å². The minimum absolute atomic E-state index is 0.124. The Morgan fingerprint density at radius 3 is 2.10 bits per heavy atom. The zero-order valence-electron chi connectivity index (χ0n) is 6.44. The molecule has 10 heavy (non-hydrogen) atoms. The molecule has 0 atom stereocenters. The molecule has 0 heterocycles. The van der Waals surface area contributed by atoms with Crippen molar-refractivity contribution in [3.05, 3.63) is 0 Å². The highest BCUT2D eigenvalue weighted by Gasteiger charge is 2.49. The van der Waals surface area contributed by atoms with Crippen LogP contribution in [0.4, 0.5) is 0 Å². The van der Waals surface area contributed by atoms with E-state index in [1.165, 1.54) is 0 Å². The third kappa shape index (κ3) is 0.789. The molecule has 2 heteroatoms. The second-order valence-corrected chi connectivity index (χ2v) is 3.11. The van der Waals surface area contributed by atoms with Crippen LogP contribution >= 0.6 is 0 Å². The summed E-state index contributed by atoms with van der Waals surface area (Å²) in [5, 5.41) is 0. The minimum Gasteiger partial charge on any atom is -0.298 e. The van der Waals surface area contributed by atoms with Crippen molar-refractivity contribution in [2.45, 2.75) is 33.1 Å². The summed E-state index contributed by atoms with van der Waals surface area (Å²) in [4.78, 5) is 21.9. The fraction of sp³-hybridized carbons (Fsp3) is 0.750. The van der Waals surface area contributed by atoms with Crippen LogP contribution in [-0.4, -0.2) is 11.6 Å². The maximum Gasteiger partial charge on any atom is 0.153 e. The van der Waals surface area contributed by atoms with Gasteiger partial charge < -0.3 is 0 Å². The smallest absolute Gasteiger partial charge is 0.153 e. The van der Waals surface area contributed by atoms with Gasteiger partial charge in [0.1, 0.15) is 0 Å². The number of carbonyl (C=O) groups excluding carboxylic acids is 2. The predicted octanol–water partition coefficient (Wildman–Crippen LogP) is 1.33. The molecule has 0 amide bonds. The lowest BCUT2D eigenvalue weighted by molar-refractivity contribution is -0.152. The zero-order chi connectivity index (χ0) is 7.78. The van der Waals surface area contributed by atoms with E-state index in [2.05, 4.69) is 0 Å². The summed E-state index contributed by atoms with van der Waals surface area (Å²) in [7, 11) is 0. The number of ketones is 2. The average molecular weight is 140 g/mol. The highest BCUT2D eigenvalue weighted by molar-refractivity contribution is 6.24. The van der Waals surface area contributed by atoms with Gasteiger partial charge in [-0.05, 0) is 13.3 Å². The molecule has 0 aliphatic heterocycles. The fourth-order valence-corrected chi connectivity index (χ4v) is 1.36. The second kappa shape index (κ2) is 2.19. The Hall–Kier alpha value is -0.660. The first-order valence-corrected chi connectivity index (χ1v) is 3.68. The molecule has 0 aromatic carbocycles. The number of rotatable bonds is 2. The van der Waals surface area contributed by atoms with Gasteiger partial charge in [-0.25, -0.2) is 0 Å². The lowest BCUT2D eigenvalue weighted by Crippen LogP contribution is -2.48. The van der Waals surface area contributed by atoms with E-state index in [4.69, 9.17) is 0 Å². The van der Waals surface area contributed by atoms with E-state index >= 15 is 0 Å². The van der Waals surface area contributed by atoms with Gasteiger partial charge in [-0.3, -0.25) is 9.59 Å². The Morgan fingerprint density at radius 1 is 1.40 bits per heavy atom. The number of hydrogen-bond acceptors (Lipinski definition) is 2. The Bertz CT molecular complexity index is 168. The Morgan fingerprint density at radius 2 is 1.90 bits per heavy atom. The standard InChI is InChI=1S/C8H12O2/c1-3-4-8(2)6(9)5-7(8)10/h3-5H2,1-2H3. The van der Waals surface area contributed by atoms with Crippen LogP contribution in [0, 0.1) is 5.41 Å². The molecule has 0 N–H and O–H groups in total. The summed E-state index contributed by atoms with van der Waals surface area (Å²) < 4.78 is 0. The van der Waals surface area contributed by atoms with Crippen LogP contribution in [0.5, 0.6) is 0 Å². The van der Waals surface area contributed by atoms with Crippen LogP contribution in [0.1, 0.15) is 33.1 Å². The summed E-state index contributed by atoms with van der Waals surface area (Å²) in [6.07, 6.45) is 1.81. The van der Waals surface area contributed by atoms with Crippen LogP contribution < -0.4 is 0 Å². The first-order valence-electron chi connectivity index (χ1n) is 3.68. The van der Waals surface area contributed by atoms with Gasteiger partial charge in [0.2, 0.25) is 0 Å². The third-order valence-corrected chi connectivity index (χ3v) is 2.30. The molecular formula is C8H12O2. The average Bonchev–Trinajstić information content (AvgIpc) is 1.89. The molecule has 0 aromatic heterocycles. The van der Waals surface area contributed by atoms with Crippen LogP contribution in [0.25, 0.3) is 0 Å². The van der Waals surface area contributed by atoms with Crippen molar-refractivity contribution in [1.29, 1.82) is 0 Å². The lowest BCUT2D eigenvalue weighted by atomic mass is 9.65. The maximum absolute atomic E-state index is 10.9. The van der Waals surface area contributed by atoms with E-state index in [9.17, 15) is 9.59 Å². The van der Waals surface area contributed by atoms with Crippen molar-refractivity contribution in [3.63, 3.8) is 0 Å². The zero-order valence-corrected chi connectivity index (χ0v) is 6.44. The van der Waals surface area contributed by atoms with Crippen LogP contribution in [0.2, 0.25) is 0 Å². The van der Waals surface area contributed by atoms with Crippen molar-refractivity contribution in [2.75, 3.05) is 0 Å². The van der Waals surface area contributed by atoms with Gasteiger partial charge in [0.15, 0.2) is 11.6 Å². The van der Waals surface area contributed by atoms with E-state index < -0.39 is 5.41 Å². The SMILES string of the molecule is CCCC1(C)C(=O)CC1=O. The van der Waals surface area contributed by atoms with Gasteiger partial charge in [-0.15, -0.1) is 0 Å². The molecule has 1 fully saturated rings. The Kier molecular flexibility index (Phi) is 1.63. The molecule has 1 rings (SSSR count). The topological polar surface area (TPSA) is 34.1 Å². The van der Waals surface area contributed by atoms with Gasteiger partial charge in [-0.2, -0.15) is 0 Å². The molecule has 2 nitrogen and oxygen atoms in total. The Balaban J connectivity index is 2.66. The van der Waals surface area contributed by atoms with Crippen LogP contribution in [0.3, 0.4) is 0 Å². The summed E-state index contributed by atoms with van der Waals surface area (Å²) in [6, 6.07) is 0.